The van der Waals surface area contributed by atoms with Crippen LogP contribution in [-0.4, -0.2) is 4.57 Å². The summed E-state index contributed by atoms with van der Waals surface area (Å²) in [5.74, 6) is 0. The molecule has 15 heavy (non-hydrogen) atoms. The van der Waals surface area contributed by atoms with Crippen molar-refractivity contribution in [3.63, 3.8) is 0 Å². The van der Waals surface area contributed by atoms with Gasteiger partial charge in [0.1, 0.15) is 0 Å². The zero-order valence-electron chi connectivity index (χ0n) is 8.34. The van der Waals surface area contributed by atoms with Gasteiger partial charge in [-0.3, -0.25) is 4.79 Å². The Morgan fingerprint density at radius 1 is 1.40 bits per heavy atom. The number of aromatic nitrogens is 1. The van der Waals surface area contributed by atoms with Gasteiger partial charge in [-0.15, -0.1) is 0 Å². The van der Waals surface area contributed by atoms with E-state index in [0.717, 1.165) is 15.4 Å². The summed E-state index contributed by atoms with van der Waals surface area (Å²) in [5.41, 5.74) is 1.36. The van der Waals surface area contributed by atoms with Gasteiger partial charge in [0.2, 0.25) is 0 Å². The average molecular weight is 287 g/mol. The molecular weight excluding hydrogens is 277 g/mol. The second-order valence-corrected chi connectivity index (χ2v) is 4.67. The van der Waals surface area contributed by atoms with Crippen LogP contribution in [0.1, 0.15) is 5.56 Å². The van der Waals surface area contributed by atoms with Crippen molar-refractivity contribution < 1.29 is 0 Å². The van der Waals surface area contributed by atoms with Gasteiger partial charge in [0.25, 0.3) is 5.56 Å². The number of rotatable bonds is 0. The first-order valence-electron chi connectivity index (χ1n) is 4.47. The molecule has 0 radical (unpaired) electrons. The Hall–Kier alpha value is -0.800. The normalized spacial score (nSPS) is 10.9. The number of fused-ring (bicyclic) bond motifs is 1. The van der Waals surface area contributed by atoms with Crippen molar-refractivity contribution in [3.8, 4) is 0 Å². The van der Waals surface area contributed by atoms with E-state index in [1.807, 2.05) is 18.2 Å². The summed E-state index contributed by atoms with van der Waals surface area (Å²) >= 11 is 9.56. The van der Waals surface area contributed by atoms with Crippen molar-refractivity contribution in [2.24, 2.45) is 7.05 Å². The van der Waals surface area contributed by atoms with E-state index in [1.165, 1.54) is 0 Å². The molecule has 0 unspecified atom stereocenters. The van der Waals surface area contributed by atoms with Crippen LogP contribution >= 0.6 is 27.5 Å². The lowest BCUT2D eigenvalue weighted by Gasteiger charge is -2.10. The topological polar surface area (TPSA) is 22.0 Å². The van der Waals surface area contributed by atoms with Crippen molar-refractivity contribution >= 4 is 38.4 Å². The number of aryl methyl sites for hydroxylation is 1. The summed E-state index contributed by atoms with van der Waals surface area (Å²) in [4.78, 5) is 11.8. The SMILES string of the molecule is Cc1c(Cl)c2cccc(Br)c2n(C)c1=O. The van der Waals surface area contributed by atoms with Crippen molar-refractivity contribution in [2.45, 2.75) is 6.92 Å². The minimum Gasteiger partial charge on any atom is -0.310 e. The highest BCUT2D eigenvalue weighted by atomic mass is 79.9. The fourth-order valence-electron chi connectivity index (χ4n) is 1.68. The van der Waals surface area contributed by atoms with Gasteiger partial charge in [0.05, 0.1) is 10.5 Å². The molecule has 2 aromatic rings. The minimum absolute atomic E-state index is 0.0561. The van der Waals surface area contributed by atoms with Crippen LogP contribution in [0.25, 0.3) is 10.9 Å². The highest BCUT2D eigenvalue weighted by Gasteiger charge is 2.11. The molecule has 0 atom stereocenters. The van der Waals surface area contributed by atoms with E-state index in [0.29, 0.717) is 10.6 Å². The molecule has 2 rings (SSSR count). The van der Waals surface area contributed by atoms with Crippen LogP contribution in [0, 0.1) is 6.92 Å². The Bertz CT molecular complexity index is 604. The molecule has 0 aliphatic rings. The molecule has 1 aromatic carbocycles. The van der Waals surface area contributed by atoms with Gasteiger partial charge in [-0.05, 0) is 28.9 Å². The predicted molar refractivity (Wildman–Crippen MR) is 66.6 cm³/mol. The molecule has 0 fully saturated rings. The minimum atomic E-state index is -0.0561. The average Bonchev–Trinajstić information content (AvgIpc) is 2.23. The third-order valence-corrected chi connectivity index (χ3v) is 3.64. The summed E-state index contributed by atoms with van der Waals surface area (Å²) in [6, 6.07) is 5.71. The maximum atomic E-state index is 11.8. The Morgan fingerprint density at radius 2 is 2.07 bits per heavy atom. The first-order valence-corrected chi connectivity index (χ1v) is 5.64. The first kappa shape index (κ1) is 10.7. The third kappa shape index (κ3) is 1.50. The number of nitrogens with zero attached hydrogens (tertiary/aromatic N) is 1. The van der Waals surface area contributed by atoms with Gasteiger partial charge in [-0.25, -0.2) is 0 Å². The van der Waals surface area contributed by atoms with Gasteiger partial charge in [-0.1, -0.05) is 23.7 Å². The Morgan fingerprint density at radius 3 is 2.73 bits per heavy atom. The second-order valence-electron chi connectivity index (χ2n) is 3.44. The van der Waals surface area contributed by atoms with Crippen LogP contribution in [-0.2, 0) is 7.05 Å². The second kappa shape index (κ2) is 3.65. The number of para-hydroxylation sites is 1. The highest BCUT2D eigenvalue weighted by Crippen LogP contribution is 2.29. The molecule has 0 saturated heterocycles. The number of hydrogen-bond donors (Lipinski definition) is 0. The quantitative estimate of drug-likeness (QED) is 0.728. The van der Waals surface area contributed by atoms with Crippen LogP contribution in [0.15, 0.2) is 27.5 Å². The van der Waals surface area contributed by atoms with Gasteiger partial charge in [0.15, 0.2) is 0 Å². The van der Waals surface area contributed by atoms with Gasteiger partial charge in [0, 0.05) is 22.5 Å². The predicted octanol–water partition coefficient (Wildman–Crippen LogP) is 3.26. The lowest BCUT2D eigenvalue weighted by atomic mass is 10.1. The van der Waals surface area contributed by atoms with Crippen LogP contribution in [0.5, 0.6) is 0 Å². The Labute approximate surface area is 101 Å². The lowest BCUT2D eigenvalue weighted by Crippen LogP contribution is -2.20. The Balaban J connectivity index is 3.15. The maximum absolute atomic E-state index is 11.8. The van der Waals surface area contributed by atoms with E-state index in [1.54, 1.807) is 18.5 Å². The molecule has 78 valence electrons. The van der Waals surface area contributed by atoms with E-state index in [2.05, 4.69) is 15.9 Å². The molecule has 1 aromatic heterocycles. The molecular formula is C11H9BrClNO. The monoisotopic (exact) mass is 285 g/mol. The molecule has 0 aliphatic heterocycles. The van der Waals surface area contributed by atoms with Gasteiger partial charge >= 0.3 is 0 Å². The molecule has 4 heteroatoms. The molecule has 0 saturated carbocycles. The third-order valence-electron chi connectivity index (χ3n) is 2.51. The van der Waals surface area contributed by atoms with Crippen molar-refractivity contribution in [2.75, 3.05) is 0 Å². The summed E-state index contributed by atoms with van der Waals surface area (Å²) in [5, 5.41) is 1.43. The van der Waals surface area contributed by atoms with Crippen LogP contribution in [0.3, 0.4) is 0 Å². The van der Waals surface area contributed by atoms with Gasteiger partial charge in [-0.2, -0.15) is 0 Å². The number of benzene rings is 1. The fourth-order valence-corrected chi connectivity index (χ4v) is 2.55. The van der Waals surface area contributed by atoms with Crippen LogP contribution < -0.4 is 5.56 Å². The first-order chi connectivity index (χ1) is 7.04. The lowest BCUT2D eigenvalue weighted by molar-refractivity contribution is 0.891. The van der Waals surface area contributed by atoms with Crippen LogP contribution in [0.4, 0.5) is 0 Å². The zero-order chi connectivity index (χ0) is 11.2. The van der Waals surface area contributed by atoms with Crippen molar-refractivity contribution in [1.29, 1.82) is 0 Å². The summed E-state index contributed by atoms with van der Waals surface area (Å²) in [6.45, 7) is 1.74. The van der Waals surface area contributed by atoms with Crippen molar-refractivity contribution in [3.05, 3.63) is 43.6 Å². The number of hydrogen-bond acceptors (Lipinski definition) is 1. The number of pyridine rings is 1. The molecule has 0 N–H and O–H groups in total. The van der Waals surface area contributed by atoms with Crippen LogP contribution in [0.2, 0.25) is 5.02 Å². The van der Waals surface area contributed by atoms with E-state index in [9.17, 15) is 4.79 Å². The van der Waals surface area contributed by atoms with Gasteiger partial charge < -0.3 is 4.57 Å². The molecule has 0 bridgehead atoms. The largest absolute Gasteiger partial charge is 0.310 e. The number of halogens is 2. The van der Waals surface area contributed by atoms with Crippen molar-refractivity contribution in [1.82, 2.24) is 4.57 Å². The molecule has 1 heterocycles. The van der Waals surface area contributed by atoms with E-state index in [-0.39, 0.29) is 5.56 Å². The fraction of sp³-hybridized carbons (Fsp3) is 0.182. The summed E-state index contributed by atoms with van der Waals surface area (Å²) in [6.07, 6.45) is 0. The molecule has 0 amide bonds. The smallest absolute Gasteiger partial charge is 0.255 e. The molecule has 0 spiro atoms. The van der Waals surface area contributed by atoms with E-state index < -0.39 is 0 Å². The summed E-state index contributed by atoms with van der Waals surface area (Å²) < 4.78 is 2.49. The maximum Gasteiger partial charge on any atom is 0.255 e. The van der Waals surface area contributed by atoms with E-state index in [4.69, 9.17) is 11.6 Å². The highest BCUT2D eigenvalue weighted by molar-refractivity contribution is 9.10. The summed E-state index contributed by atoms with van der Waals surface area (Å²) in [7, 11) is 1.75. The molecule has 2 nitrogen and oxygen atoms in total. The zero-order valence-corrected chi connectivity index (χ0v) is 10.7. The molecule has 0 aliphatic carbocycles. The Kier molecular flexibility index (Phi) is 2.61. The van der Waals surface area contributed by atoms with E-state index >= 15 is 0 Å². The standard InChI is InChI=1S/C11H9BrClNO/c1-6-9(13)7-4-3-5-8(12)10(7)14(2)11(6)15/h3-5H,1-2H3.